The number of hydrogen-bond donors (Lipinski definition) is 6. The Morgan fingerprint density at radius 1 is 0.662 bits per heavy atom. The van der Waals surface area contributed by atoms with Crippen LogP contribution in [0.15, 0.2) is 103 Å². The Labute approximate surface area is 421 Å². The number of nitriles is 1. The molecule has 4 atom stereocenters. The van der Waals surface area contributed by atoms with E-state index < -0.39 is 36.2 Å². The van der Waals surface area contributed by atoms with Crippen molar-refractivity contribution < 1.29 is 49.0 Å². The molecule has 0 aliphatic carbocycles. The van der Waals surface area contributed by atoms with Crippen LogP contribution in [0.3, 0.4) is 0 Å². The quantitative estimate of drug-likeness (QED) is 0.0314. The molecule has 370 valence electrons. The average Bonchev–Trinajstić information content (AvgIpc) is 3.33. The lowest BCUT2D eigenvalue weighted by Gasteiger charge is -2.20. The number of rotatable bonds is 24. The van der Waals surface area contributed by atoms with Crippen LogP contribution in [0, 0.1) is 25.2 Å². The standard InChI is InChI=1S/C53H54Cl2N6O10/c1-30-38(28-70-48-16-46(68-26-36-12-34(18-56)20-58-22-36)40(14-44(48)54)24-60-50(32(3)62)52(64)65)8-6-10-42(30)43-11-7-9-39(31(43)2)29-71-49-17-47(69-27-37-13-35(19-57-5)21-59-23-37)41(15-45(49)55)25-61-51(33(4)63)53(66)67/h6-17,19-23,32-33,50-51,60-63H,24-29H2,1-5H3,(H,64,65)(H,66,67)/b57-19+/t32-,33-,50+,51+/m0/s1. The Hall–Kier alpha value is -7.10. The van der Waals surface area contributed by atoms with Gasteiger partial charge in [-0.25, -0.2) is 0 Å². The van der Waals surface area contributed by atoms with Gasteiger partial charge in [0.25, 0.3) is 0 Å². The summed E-state index contributed by atoms with van der Waals surface area (Å²) < 4.78 is 25.2. The molecule has 18 heteroatoms. The Morgan fingerprint density at radius 3 is 1.55 bits per heavy atom. The topological polar surface area (TPSA) is 238 Å². The molecular weight excluding hydrogens is 952 g/mol. The van der Waals surface area contributed by atoms with Crippen molar-refractivity contribution in [2.45, 2.75) is 91.5 Å². The van der Waals surface area contributed by atoms with E-state index in [4.69, 9.17) is 42.1 Å². The number of aliphatic hydroxyl groups is 2. The van der Waals surface area contributed by atoms with Crippen LogP contribution in [-0.4, -0.2) is 79.9 Å². The number of aliphatic imine (C=N–C) groups is 1. The van der Waals surface area contributed by atoms with Crippen molar-refractivity contribution in [3.63, 3.8) is 0 Å². The summed E-state index contributed by atoms with van der Waals surface area (Å²) in [6.07, 6.45) is 5.71. The van der Waals surface area contributed by atoms with Gasteiger partial charge in [0.15, 0.2) is 0 Å². The monoisotopic (exact) mass is 1000 g/mol. The van der Waals surface area contributed by atoms with Crippen LogP contribution >= 0.6 is 23.2 Å². The van der Waals surface area contributed by atoms with Crippen LogP contribution < -0.4 is 29.6 Å². The number of halogens is 2. The third-order valence-electron chi connectivity index (χ3n) is 11.5. The van der Waals surface area contributed by atoms with E-state index >= 15 is 0 Å². The minimum Gasteiger partial charge on any atom is -0.488 e. The van der Waals surface area contributed by atoms with E-state index in [0.717, 1.165) is 44.5 Å². The van der Waals surface area contributed by atoms with Crippen LogP contribution in [0.5, 0.6) is 23.0 Å². The molecule has 71 heavy (non-hydrogen) atoms. The minimum absolute atomic E-state index is 0.00365. The van der Waals surface area contributed by atoms with Gasteiger partial charge in [0.05, 0.1) is 27.8 Å². The smallest absolute Gasteiger partial charge is 0.323 e. The maximum Gasteiger partial charge on any atom is 0.323 e. The van der Waals surface area contributed by atoms with Gasteiger partial charge in [0, 0.05) is 91.1 Å². The Bertz CT molecular complexity index is 2930. The van der Waals surface area contributed by atoms with Gasteiger partial charge >= 0.3 is 11.9 Å². The second-order valence-corrected chi connectivity index (χ2v) is 17.5. The molecule has 0 amide bonds. The fraction of sp³-hybridized carbons (Fsp3) is 0.283. The SMILES string of the molecule is C/N=C/c1cncc(COc2cc(OCc3cccc(-c4cccc(COc5cc(OCc6cncc(C#N)c6)c(CN[C@@H](C(=O)O)[C@H](C)O)cc5Cl)c4C)c3C)c(Cl)cc2CN[C@@H](C(=O)O)[C@H](C)O)c1. The van der Waals surface area contributed by atoms with Crippen molar-refractivity contribution in [3.8, 4) is 40.2 Å². The number of aliphatic carboxylic acids is 2. The van der Waals surface area contributed by atoms with Crippen LogP contribution in [0.2, 0.25) is 10.0 Å². The predicted octanol–water partition coefficient (Wildman–Crippen LogP) is 8.15. The highest BCUT2D eigenvalue weighted by Gasteiger charge is 2.25. The number of ether oxygens (including phenoxy) is 4. The molecule has 6 N–H and O–H groups in total. The number of carboxylic acids is 2. The third-order valence-corrected chi connectivity index (χ3v) is 12.1. The normalized spacial score (nSPS) is 13.0. The molecule has 0 saturated heterocycles. The highest BCUT2D eigenvalue weighted by molar-refractivity contribution is 6.32. The van der Waals surface area contributed by atoms with Gasteiger partial charge in [-0.15, -0.1) is 0 Å². The van der Waals surface area contributed by atoms with Crippen molar-refractivity contribution in [3.05, 3.63) is 163 Å². The number of aliphatic hydroxyl groups excluding tert-OH is 2. The Morgan fingerprint density at radius 2 is 1.11 bits per heavy atom. The van der Waals surface area contributed by atoms with Gasteiger partial charge < -0.3 is 39.4 Å². The number of aromatic nitrogens is 2. The zero-order chi connectivity index (χ0) is 51.2. The van der Waals surface area contributed by atoms with Gasteiger partial charge in [-0.3, -0.25) is 35.2 Å². The van der Waals surface area contributed by atoms with Gasteiger partial charge in [-0.1, -0.05) is 59.6 Å². The lowest BCUT2D eigenvalue weighted by Crippen LogP contribution is -2.44. The molecule has 0 spiro atoms. The molecule has 0 unspecified atom stereocenters. The van der Waals surface area contributed by atoms with E-state index in [1.54, 1.807) is 62.2 Å². The maximum atomic E-state index is 11.8. The van der Waals surface area contributed by atoms with Gasteiger partial charge in [0.1, 0.15) is 67.6 Å². The van der Waals surface area contributed by atoms with E-state index in [0.29, 0.717) is 45.3 Å². The fourth-order valence-electron chi connectivity index (χ4n) is 7.62. The molecule has 2 aromatic heterocycles. The molecule has 0 aliphatic heterocycles. The number of nitrogens with one attached hydrogen (secondary N) is 2. The molecule has 0 saturated carbocycles. The molecular formula is C53H54Cl2N6O10. The molecule has 0 radical (unpaired) electrons. The van der Waals surface area contributed by atoms with Gasteiger partial charge in [-0.05, 0) is 85.3 Å². The zero-order valence-corrected chi connectivity index (χ0v) is 41.2. The molecule has 6 aromatic rings. The Kier molecular flexibility index (Phi) is 18.9. The largest absolute Gasteiger partial charge is 0.488 e. The van der Waals surface area contributed by atoms with E-state index in [2.05, 4.69) is 31.7 Å². The lowest BCUT2D eigenvalue weighted by atomic mass is 9.92. The van der Waals surface area contributed by atoms with Gasteiger partial charge in [0.2, 0.25) is 0 Å². The summed E-state index contributed by atoms with van der Waals surface area (Å²) >= 11 is 13.6. The predicted molar refractivity (Wildman–Crippen MR) is 268 cm³/mol. The first-order valence-electron chi connectivity index (χ1n) is 22.4. The number of carbonyl (C=O) groups is 2. The average molecular weight is 1010 g/mol. The number of nitrogens with zero attached hydrogens (tertiary/aromatic N) is 4. The highest BCUT2D eigenvalue weighted by atomic mass is 35.5. The first kappa shape index (κ1) is 53.3. The van der Waals surface area contributed by atoms with Gasteiger partial charge in [-0.2, -0.15) is 5.26 Å². The number of hydrogen-bond acceptors (Lipinski definition) is 14. The Balaban J connectivity index is 1.21. The van der Waals surface area contributed by atoms with Crippen LogP contribution in [-0.2, 0) is 49.1 Å². The second kappa shape index (κ2) is 25.1. The minimum atomic E-state index is -1.25. The van der Waals surface area contributed by atoms with Crippen molar-refractivity contribution in [1.29, 1.82) is 5.26 Å². The fourth-order valence-corrected chi connectivity index (χ4v) is 8.10. The summed E-state index contributed by atoms with van der Waals surface area (Å²) in [7, 11) is 1.67. The van der Waals surface area contributed by atoms with Crippen molar-refractivity contribution >= 4 is 41.4 Å². The van der Waals surface area contributed by atoms with E-state index in [1.165, 1.54) is 20.0 Å². The molecule has 16 nitrogen and oxygen atoms in total. The maximum absolute atomic E-state index is 11.8. The van der Waals surface area contributed by atoms with E-state index in [9.17, 15) is 35.3 Å². The highest BCUT2D eigenvalue weighted by Crippen LogP contribution is 2.37. The molecule has 0 bridgehead atoms. The molecule has 4 aromatic carbocycles. The summed E-state index contributed by atoms with van der Waals surface area (Å²) in [5.41, 5.74) is 9.26. The summed E-state index contributed by atoms with van der Waals surface area (Å²) in [5.74, 6) is -1.04. The number of benzene rings is 4. The van der Waals surface area contributed by atoms with E-state index in [-0.39, 0.29) is 49.6 Å². The third kappa shape index (κ3) is 14.3. The van der Waals surface area contributed by atoms with Crippen molar-refractivity contribution in [2.75, 3.05) is 7.05 Å². The lowest BCUT2D eigenvalue weighted by molar-refractivity contribution is -0.143. The first-order valence-corrected chi connectivity index (χ1v) is 23.1. The molecule has 6 rings (SSSR count). The van der Waals surface area contributed by atoms with E-state index in [1.807, 2.05) is 56.3 Å². The summed E-state index contributed by atoms with van der Waals surface area (Å²) in [5, 5.41) is 55.1. The summed E-state index contributed by atoms with van der Waals surface area (Å²) in [4.78, 5) is 36.1. The number of pyridine rings is 2. The van der Waals surface area contributed by atoms with Crippen LogP contribution in [0.25, 0.3) is 11.1 Å². The zero-order valence-electron chi connectivity index (χ0n) is 39.7. The summed E-state index contributed by atoms with van der Waals surface area (Å²) in [6.45, 7) is 7.26. The van der Waals surface area contributed by atoms with Crippen LogP contribution in [0.1, 0.15) is 69.5 Å². The molecule has 0 aliphatic rings. The summed E-state index contributed by atoms with van der Waals surface area (Å²) in [6, 6.07) is 21.6. The molecule has 2 heterocycles. The number of carboxylic acid groups (broad SMARTS) is 2. The van der Waals surface area contributed by atoms with Crippen molar-refractivity contribution in [2.24, 2.45) is 4.99 Å². The van der Waals surface area contributed by atoms with Crippen LogP contribution in [0.4, 0.5) is 0 Å². The first-order chi connectivity index (χ1) is 34.1. The second-order valence-electron chi connectivity index (χ2n) is 16.7. The van der Waals surface area contributed by atoms with Crippen molar-refractivity contribution in [1.82, 2.24) is 20.6 Å². The molecule has 0 fully saturated rings.